The number of amides is 2. The van der Waals surface area contributed by atoms with Crippen molar-refractivity contribution in [3.05, 3.63) is 29.8 Å². The van der Waals surface area contributed by atoms with Gasteiger partial charge in [0.1, 0.15) is 6.54 Å². The standard InChI is InChI=1S/C16H20N2O5/c19-14(9-13-3-1-2-8-23-13)18-12-6-4-11(5-7-12)16(22)17-10-15(20)21/h4-7,13H,1-3,8-10H2,(H,17,22)(H,18,19)(H,20,21). The zero-order chi connectivity index (χ0) is 16.7. The van der Waals surface area contributed by atoms with Gasteiger partial charge in [0.25, 0.3) is 5.91 Å². The Morgan fingerprint density at radius 1 is 1.17 bits per heavy atom. The Kier molecular flexibility index (Phi) is 6.10. The predicted octanol–water partition coefficient (Wildman–Crippen LogP) is 1.40. The van der Waals surface area contributed by atoms with E-state index in [-0.39, 0.29) is 12.0 Å². The molecule has 2 rings (SSSR count). The summed E-state index contributed by atoms with van der Waals surface area (Å²) >= 11 is 0. The number of rotatable bonds is 6. The molecule has 1 saturated heterocycles. The molecule has 0 radical (unpaired) electrons. The first kappa shape index (κ1) is 17.0. The zero-order valence-corrected chi connectivity index (χ0v) is 12.7. The van der Waals surface area contributed by atoms with Crippen molar-refractivity contribution >= 4 is 23.5 Å². The Bertz CT molecular complexity index is 564. The minimum Gasteiger partial charge on any atom is -0.480 e. The van der Waals surface area contributed by atoms with Gasteiger partial charge in [-0.25, -0.2) is 0 Å². The van der Waals surface area contributed by atoms with E-state index in [1.165, 1.54) is 12.1 Å². The lowest BCUT2D eigenvalue weighted by Gasteiger charge is -2.21. The van der Waals surface area contributed by atoms with Gasteiger partial charge < -0.3 is 20.5 Å². The third kappa shape index (κ3) is 5.71. The van der Waals surface area contributed by atoms with E-state index in [2.05, 4.69) is 10.6 Å². The average Bonchev–Trinajstić information content (AvgIpc) is 2.54. The second-order valence-corrected chi connectivity index (χ2v) is 5.39. The first-order chi connectivity index (χ1) is 11.0. The third-order valence-corrected chi connectivity index (χ3v) is 3.52. The van der Waals surface area contributed by atoms with Gasteiger partial charge in [0.05, 0.1) is 12.5 Å². The van der Waals surface area contributed by atoms with Crippen molar-refractivity contribution in [2.24, 2.45) is 0 Å². The molecular formula is C16H20N2O5. The van der Waals surface area contributed by atoms with Crippen molar-refractivity contribution in [2.45, 2.75) is 31.8 Å². The minimum atomic E-state index is -1.10. The van der Waals surface area contributed by atoms with Gasteiger partial charge in [-0.3, -0.25) is 14.4 Å². The summed E-state index contributed by atoms with van der Waals surface area (Å²) in [7, 11) is 0. The number of benzene rings is 1. The lowest BCUT2D eigenvalue weighted by molar-refractivity contribution is -0.135. The van der Waals surface area contributed by atoms with Gasteiger partial charge in [-0.15, -0.1) is 0 Å². The van der Waals surface area contributed by atoms with E-state index in [1.807, 2.05) is 0 Å². The fraction of sp³-hybridized carbons (Fsp3) is 0.438. The molecule has 3 N–H and O–H groups in total. The lowest BCUT2D eigenvalue weighted by atomic mass is 10.1. The molecule has 0 saturated carbocycles. The number of carbonyl (C=O) groups is 3. The van der Waals surface area contributed by atoms with Crippen molar-refractivity contribution in [1.29, 1.82) is 0 Å². The number of hydrogen-bond donors (Lipinski definition) is 3. The second kappa shape index (κ2) is 8.28. The number of carboxylic acids is 1. The highest BCUT2D eigenvalue weighted by Gasteiger charge is 2.17. The first-order valence-electron chi connectivity index (χ1n) is 7.56. The molecule has 124 valence electrons. The third-order valence-electron chi connectivity index (χ3n) is 3.52. The summed E-state index contributed by atoms with van der Waals surface area (Å²) in [6.45, 7) is 0.275. The number of hydrogen-bond acceptors (Lipinski definition) is 4. The molecular weight excluding hydrogens is 300 g/mol. The Hall–Kier alpha value is -2.41. The number of carboxylic acid groups (broad SMARTS) is 1. The summed E-state index contributed by atoms with van der Waals surface area (Å²) in [5, 5.41) is 13.5. The number of anilines is 1. The van der Waals surface area contributed by atoms with E-state index in [9.17, 15) is 14.4 Å². The van der Waals surface area contributed by atoms with Crippen LogP contribution in [0.25, 0.3) is 0 Å². The molecule has 0 aromatic heterocycles. The van der Waals surface area contributed by atoms with Crippen LogP contribution in [0.5, 0.6) is 0 Å². The van der Waals surface area contributed by atoms with Crippen LogP contribution < -0.4 is 10.6 Å². The summed E-state index contributed by atoms with van der Waals surface area (Å²) in [5.41, 5.74) is 0.917. The van der Waals surface area contributed by atoms with E-state index >= 15 is 0 Å². The normalized spacial score (nSPS) is 17.3. The number of aliphatic carboxylic acids is 1. The molecule has 1 atom stereocenters. The highest BCUT2D eigenvalue weighted by Crippen LogP contribution is 2.17. The van der Waals surface area contributed by atoms with Crippen molar-refractivity contribution in [1.82, 2.24) is 5.32 Å². The minimum absolute atomic E-state index is 0.0233. The van der Waals surface area contributed by atoms with Crippen molar-refractivity contribution in [3.8, 4) is 0 Å². The van der Waals surface area contributed by atoms with Gasteiger partial charge in [-0.2, -0.15) is 0 Å². The van der Waals surface area contributed by atoms with Crippen LogP contribution in [-0.4, -0.2) is 42.1 Å². The quantitative estimate of drug-likeness (QED) is 0.735. The molecule has 7 nitrogen and oxygen atoms in total. The summed E-state index contributed by atoms with van der Waals surface area (Å²) in [5.74, 6) is -1.70. The number of nitrogens with one attached hydrogen (secondary N) is 2. The van der Waals surface area contributed by atoms with Gasteiger partial charge >= 0.3 is 5.97 Å². The summed E-state index contributed by atoms with van der Waals surface area (Å²) < 4.78 is 5.52. The highest BCUT2D eigenvalue weighted by atomic mass is 16.5. The van der Waals surface area contributed by atoms with Gasteiger partial charge in [-0.05, 0) is 43.5 Å². The fourth-order valence-electron chi connectivity index (χ4n) is 2.35. The molecule has 1 aliphatic heterocycles. The monoisotopic (exact) mass is 320 g/mol. The van der Waals surface area contributed by atoms with Crippen molar-refractivity contribution in [2.75, 3.05) is 18.5 Å². The van der Waals surface area contributed by atoms with E-state index in [0.29, 0.717) is 24.3 Å². The zero-order valence-electron chi connectivity index (χ0n) is 12.7. The van der Waals surface area contributed by atoms with Crippen LogP contribution in [0.4, 0.5) is 5.69 Å². The van der Waals surface area contributed by atoms with Gasteiger partial charge in [0.2, 0.25) is 5.91 Å². The molecule has 2 amide bonds. The molecule has 0 aliphatic carbocycles. The fourth-order valence-corrected chi connectivity index (χ4v) is 2.35. The summed E-state index contributed by atoms with van der Waals surface area (Å²) in [6, 6.07) is 6.28. The Balaban J connectivity index is 1.83. The highest BCUT2D eigenvalue weighted by molar-refractivity contribution is 5.97. The van der Waals surface area contributed by atoms with E-state index in [4.69, 9.17) is 9.84 Å². The van der Waals surface area contributed by atoms with Crippen LogP contribution in [0.2, 0.25) is 0 Å². The topological polar surface area (TPSA) is 105 Å². The molecule has 0 bridgehead atoms. The molecule has 23 heavy (non-hydrogen) atoms. The van der Waals surface area contributed by atoms with Crippen LogP contribution in [0, 0.1) is 0 Å². The van der Waals surface area contributed by atoms with Gasteiger partial charge in [-0.1, -0.05) is 0 Å². The first-order valence-corrected chi connectivity index (χ1v) is 7.56. The molecule has 1 fully saturated rings. The van der Waals surface area contributed by atoms with Crippen LogP contribution in [0.1, 0.15) is 36.0 Å². The maximum Gasteiger partial charge on any atom is 0.322 e. The summed E-state index contributed by atoms with van der Waals surface area (Å²) in [6.07, 6.45) is 3.32. The predicted molar refractivity (Wildman–Crippen MR) is 83.2 cm³/mol. The molecule has 1 aromatic rings. The smallest absolute Gasteiger partial charge is 0.322 e. The SMILES string of the molecule is O=C(O)CNC(=O)c1ccc(NC(=O)CC2CCCCO2)cc1. The van der Waals surface area contributed by atoms with Crippen LogP contribution in [-0.2, 0) is 14.3 Å². The largest absolute Gasteiger partial charge is 0.480 e. The molecule has 1 aliphatic rings. The van der Waals surface area contributed by atoms with E-state index < -0.39 is 18.4 Å². The molecule has 1 unspecified atom stereocenters. The van der Waals surface area contributed by atoms with E-state index in [0.717, 1.165) is 19.3 Å². The second-order valence-electron chi connectivity index (χ2n) is 5.39. The maximum atomic E-state index is 11.9. The number of ether oxygens (including phenoxy) is 1. The number of carbonyl (C=O) groups excluding carboxylic acids is 2. The molecule has 1 aromatic carbocycles. The van der Waals surface area contributed by atoms with Gasteiger partial charge in [0.15, 0.2) is 0 Å². The maximum absolute atomic E-state index is 11.9. The van der Waals surface area contributed by atoms with Crippen LogP contribution in [0.15, 0.2) is 24.3 Å². The molecule has 7 heteroatoms. The van der Waals surface area contributed by atoms with Crippen LogP contribution in [0.3, 0.4) is 0 Å². The Morgan fingerprint density at radius 3 is 2.52 bits per heavy atom. The van der Waals surface area contributed by atoms with Crippen molar-refractivity contribution in [3.63, 3.8) is 0 Å². The van der Waals surface area contributed by atoms with Gasteiger partial charge in [0, 0.05) is 17.9 Å². The Labute approximate surface area is 134 Å². The van der Waals surface area contributed by atoms with E-state index in [1.54, 1.807) is 12.1 Å². The average molecular weight is 320 g/mol. The lowest BCUT2D eigenvalue weighted by Crippen LogP contribution is -2.29. The van der Waals surface area contributed by atoms with Crippen LogP contribution >= 0.6 is 0 Å². The molecule has 1 heterocycles. The van der Waals surface area contributed by atoms with Crippen molar-refractivity contribution < 1.29 is 24.2 Å². The molecule has 0 spiro atoms. The Morgan fingerprint density at radius 2 is 1.91 bits per heavy atom. The summed E-state index contributed by atoms with van der Waals surface area (Å²) in [4.78, 5) is 34.0.